The van der Waals surface area contributed by atoms with Gasteiger partial charge in [0.15, 0.2) is 9.84 Å². The van der Waals surface area contributed by atoms with Crippen molar-refractivity contribution in [3.05, 3.63) is 82.2 Å². The van der Waals surface area contributed by atoms with E-state index in [0.717, 1.165) is 4.90 Å². The monoisotopic (exact) mass is 480 g/mol. The van der Waals surface area contributed by atoms with Gasteiger partial charge in [0, 0.05) is 11.1 Å². The predicted molar refractivity (Wildman–Crippen MR) is 122 cm³/mol. The second kappa shape index (κ2) is 9.23. The molecule has 1 atom stereocenters. The molecule has 1 fully saturated rings. The van der Waals surface area contributed by atoms with Crippen LogP contribution in [0.5, 0.6) is 5.75 Å². The molecule has 0 unspecified atom stereocenters. The van der Waals surface area contributed by atoms with Gasteiger partial charge in [0.2, 0.25) is 0 Å². The van der Waals surface area contributed by atoms with Crippen molar-refractivity contribution >= 4 is 27.7 Å². The number of ether oxygens (including phenoxy) is 1. The van der Waals surface area contributed by atoms with E-state index >= 15 is 0 Å². The van der Waals surface area contributed by atoms with E-state index in [4.69, 9.17) is 4.74 Å². The van der Waals surface area contributed by atoms with Gasteiger partial charge in [-0.25, -0.2) is 12.8 Å². The van der Waals surface area contributed by atoms with E-state index in [1.165, 1.54) is 13.0 Å². The molecule has 2 heterocycles. The minimum absolute atomic E-state index is 0.0559. The van der Waals surface area contributed by atoms with Crippen LogP contribution in [0.4, 0.5) is 4.39 Å². The smallest absolute Gasteiger partial charge is 0.271 e. The number of sulfone groups is 1. The first-order valence-corrected chi connectivity index (χ1v) is 12.4. The highest BCUT2D eigenvalue weighted by atomic mass is 32.2. The summed E-state index contributed by atoms with van der Waals surface area (Å²) in [6, 6.07) is 14.1. The fourth-order valence-electron chi connectivity index (χ4n) is 4.01. The maximum absolute atomic E-state index is 13.8. The first-order valence-electron chi connectivity index (χ1n) is 10.6. The number of carbonyl (C=O) groups excluding carboxylic acids is 2. The zero-order chi connectivity index (χ0) is 24.5. The second-order valence-corrected chi connectivity index (χ2v) is 10.4. The van der Waals surface area contributed by atoms with Gasteiger partial charge >= 0.3 is 0 Å². The molecular formula is C25H21FN2O5S. The van der Waals surface area contributed by atoms with Crippen LogP contribution in [0.15, 0.2) is 65.3 Å². The number of carbonyl (C=O) groups is 2. The molecule has 2 aliphatic rings. The molecule has 2 aromatic carbocycles. The van der Waals surface area contributed by atoms with Crippen molar-refractivity contribution in [3.63, 3.8) is 0 Å². The average molecular weight is 481 g/mol. The molecule has 9 heteroatoms. The van der Waals surface area contributed by atoms with Crippen LogP contribution in [0.2, 0.25) is 0 Å². The highest BCUT2D eigenvalue weighted by Gasteiger charge is 2.43. The lowest BCUT2D eigenvalue weighted by Crippen LogP contribution is -2.49. The van der Waals surface area contributed by atoms with E-state index in [9.17, 15) is 27.7 Å². The summed E-state index contributed by atoms with van der Waals surface area (Å²) in [5.74, 6) is -1.65. The van der Waals surface area contributed by atoms with E-state index in [-0.39, 0.29) is 47.1 Å². The first-order chi connectivity index (χ1) is 16.2. The molecule has 0 bridgehead atoms. The molecule has 1 saturated heterocycles. The Balaban J connectivity index is 1.58. The third-order valence-corrected chi connectivity index (χ3v) is 7.64. The minimum atomic E-state index is -3.34. The molecule has 174 valence electrons. The van der Waals surface area contributed by atoms with E-state index in [0.29, 0.717) is 16.9 Å². The van der Waals surface area contributed by atoms with Gasteiger partial charge in [-0.1, -0.05) is 30.3 Å². The topological polar surface area (TPSA) is 105 Å². The second-order valence-electron chi connectivity index (χ2n) is 8.16. The van der Waals surface area contributed by atoms with E-state index < -0.39 is 27.7 Å². The lowest BCUT2D eigenvalue weighted by atomic mass is 9.92. The van der Waals surface area contributed by atoms with E-state index in [1.807, 2.05) is 6.07 Å². The van der Waals surface area contributed by atoms with Crippen molar-refractivity contribution in [2.24, 2.45) is 0 Å². The number of nitriles is 1. The SMILES string of the molecule is CC1=C(C#N)C(=O)N([C@@H]2CCS(=O)(=O)C2)C(=O)/C1=C/c1ccc(OCc2ccccc2F)cc1. The Hall–Kier alpha value is -3.77. The number of hydrogen-bond donors (Lipinski definition) is 0. The van der Waals surface area contributed by atoms with E-state index in [1.54, 1.807) is 48.5 Å². The van der Waals surface area contributed by atoms with Crippen LogP contribution in [0.3, 0.4) is 0 Å². The quantitative estimate of drug-likeness (QED) is 0.481. The Morgan fingerprint density at radius 2 is 1.85 bits per heavy atom. The van der Waals surface area contributed by atoms with Crippen molar-refractivity contribution < 1.29 is 27.1 Å². The van der Waals surface area contributed by atoms with Gasteiger partial charge in [-0.05, 0) is 48.8 Å². The van der Waals surface area contributed by atoms with Crippen LogP contribution in [-0.4, -0.2) is 42.7 Å². The molecule has 0 radical (unpaired) electrons. The summed E-state index contributed by atoms with van der Waals surface area (Å²) in [6.45, 7) is 1.58. The molecule has 2 aliphatic heterocycles. The summed E-state index contributed by atoms with van der Waals surface area (Å²) in [6.07, 6.45) is 1.71. The molecule has 2 amide bonds. The zero-order valence-corrected chi connectivity index (χ0v) is 19.1. The number of imide groups is 1. The van der Waals surface area contributed by atoms with E-state index in [2.05, 4.69) is 0 Å². The fraction of sp³-hybridized carbons (Fsp3) is 0.240. The number of hydrogen-bond acceptors (Lipinski definition) is 6. The van der Waals surface area contributed by atoms with Crippen molar-refractivity contribution in [2.45, 2.75) is 26.0 Å². The number of halogens is 1. The number of rotatable bonds is 5. The van der Waals surface area contributed by atoms with Crippen molar-refractivity contribution in [1.29, 1.82) is 5.26 Å². The Labute approximate surface area is 196 Å². The highest BCUT2D eigenvalue weighted by molar-refractivity contribution is 7.91. The molecule has 0 aromatic heterocycles. The summed E-state index contributed by atoms with van der Waals surface area (Å²) in [5, 5.41) is 9.52. The number of amides is 2. The summed E-state index contributed by atoms with van der Waals surface area (Å²) in [5.41, 5.74) is 1.26. The number of benzene rings is 2. The maximum atomic E-state index is 13.8. The Bertz CT molecular complexity index is 1370. The molecule has 0 saturated carbocycles. The molecule has 7 nitrogen and oxygen atoms in total. The van der Waals surface area contributed by atoms with Crippen LogP contribution in [0.25, 0.3) is 6.08 Å². The van der Waals surface area contributed by atoms with Gasteiger partial charge in [-0.15, -0.1) is 0 Å². The van der Waals surface area contributed by atoms with Gasteiger partial charge in [0.1, 0.15) is 29.8 Å². The van der Waals surface area contributed by atoms with Gasteiger partial charge in [-0.3, -0.25) is 14.5 Å². The Morgan fingerprint density at radius 3 is 2.47 bits per heavy atom. The molecule has 34 heavy (non-hydrogen) atoms. The molecule has 0 spiro atoms. The molecular weight excluding hydrogens is 459 g/mol. The molecule has 0 aliphatic carbocycles. The normalized spacial score (nSPS) is 21.1. The minimum Gasteiger partial charge on any atom is -0.489 e. The van der Waals surface area contributed by atoms with Crippen LogP contribution in [-0.2, 0) is 26.0 Å². The molecule has 4 rings (SSSR count). The predicted octanol–water partition coefficient (Wildman–Crippen LogP) is 3.18. The van der Waals surface area contributed by atoms with Gasteiger partial charge < -0.3 is 4.74 Å². The third kappa shape index (κ3) is 4.63. The van der Waals surface area contributed by atoms with Gasteiger partial charge in [-0.2, -0.15) is 5.26 Å². The summed E-state index contributed by atoms with van der Waals surface area (Å²) < 4.78 is 43.2. The fourth-order valence-corrected chi connectivity index (χ4v) is 5.71. The van der Waals surface area contributed by atoms with Gasteiger partial charge in [0.25, 0.3) is 11.8 Å². The highest BCUT2D eigenvalue weighted by Crippen LogP contribution is 2.31. The van der Waals surface area contributed by atoms with Crippen molar-refractivity contribution in [3.8, 4) is 11.8 Å². The first kappa shape index (κ1) is 23.4. The maximum Gasteiger partial charge on any atom is 0.271 e. The van der Waals surface area contributed by atoms with Gasteiger partial charge in [0.05, 0.1) is 17.5 Å². The summed E-state index contributed by atoms with van der Waals surface area (Å²) in [4.78, 5) is 26.9. The summed E-state index contributed by atoms with van der Waals surface area (Å²) in [7, 11) is -3.34. The Morgan fingerprint density at radius 1 is 1.15 bits per heavy atom. The molecule has 2 aromatic rings. The number of nitrogens with zero attached hydrogens (tertiary/aromatic N) is 2. The van der Waals surface area contributed by atoms with Crippen LogP contribution < -0.4 is 4.74 Å². The van der Waals surface area contributed by atoms with Crippen LogP contribution in [0.1, 0.15) is 24.5 Å². The van der Waals surface area contributed by atoms with Crippen LogP contribution >= 0.6 is 0 Å². The average Bonchev–Trinajstić information content (AvgIpc) is 3.16. The zero-order valence-electron chi connectivity index (χ0n) is 18.3. The van der Waals surface area contributed by atoms with Crippen molar-refractivity contribution in [2.75, 3.05) is 11.5 Å². The lowest BCUT2D eigenvalue weighted by molar-refractivity contribution is -0.142. The summed E-state index contributed by atoms with van der Waals surface area (Å²) >= 11 is 0. The molecule has 0 N–H and O–H groups in total. The third-order valence-electron chi connectivity index (χ3n) is 5.89. The van der Waals surface area contributed by atoms with Crippen LogP contribution in [0, 0.1) is 17.1 Å². The largest absolute Gasteiger partial charge is 0.489 e. The lowest BCUT2D eigenvalue weighted by Gasteiger charge is -2.31. The van der Waals surface area contributed by atoms with Crippen molar-refractivity contribution in [1.82, 2.24) is 4.90 Å². The Kier molecular flexibility index (Phi) is 6.35. The standard InChI is InChI=1S/C25H21FN2O5S/c1-16-21(24(29)28(25(30)22(16)13-27)19-10-11-34(31,32)15-19)12-17-6-8-20(9-7-17)33-14-18-4-2-3-5-23(18)26/h2-9,12,19H,10-11,14-15H2,1H3/b21-12+/t19-/m1/s1.